The molecule has 1 heterocycles. The number of ether oxygens (including phenoxy) is 1. The zero-order valence-corrected chi connectivity index (χ0v) is 16.4. The van der Waals surface area contributed by atoms with Crippen LogP contribution < -0.4 is 10.1 Å². The summed E-state index contributed by atoms with van der Waals surface area (Å²) in [7, 11) is 1.55. The van der Waals surface area contributed by atoms with Gasteiger partial charge in [0.2, 0.25) is 5.91 Å². The molecular formula is C20H19ClN2O2S. The van der Waals surface area contributed by atoms with Crippen molar-refractivity contribution in [3.8, 4) is 5.75 Å². The number of nitrogens with zero attached hydrogens (tertiary/aromatic N) is 1. The number of methoxy groups -OCH3 is 1. The number of para-hydroxylation sites is 1. The smallest absolute Gasteiger partial charge is 0.234 e. The molecule has 0 aliphatic carbocycles. The van der Waals surface area contributed by atoms with Gasteiger partial charge in [0.25, 0.3) is 0 Å². The van der Waals surface area contributed by atoms with Gasteiger partial charge in [-0.3, -0.25) is 4.79 Å². The van der Waals surface area contributed by atoms with Gasteiger partial charge in [-0.2, -0.15) is 0 Å². The number of nitrogens with one attached hydrogen (secondary N) is 1. The highest BCUT2D eigenvalue weighted by Crippen LogP contribution is 2.29. The number of aromatic nitrogens is 1. The number of halogens is 1. The van der Waals surface area contributed by atoms with Crippen molar-refractivity contribution >= 4 is 45.9 Å². The summed E-state index contributed by atoms with van der Waals surface area (Å²) in [6.45, 7) is 4.10. The van der Waals surface area contributed by atoms with Gasteiger partial charge in [-0.05, 0) is 49.2 Å². The summed E-state index contributed by atoms with van der Waals surface area (Å²) in [5, 5.41) is 5.35. The van der Waals surface area contributed by atoms with E-state index >= 15 is 0 Å². The Kier molecular flexibility index (Phi) is 5.69. The maximum absolute atomic E-state index is 12.3. The largest absolute Gasteiger partial charge is 0.495 e. The topological polar surface area (TPSA) is 51.2 Å². The molecule has 6 heteroatoms. The second kappa shape index (κ2) is 7.98. The predicted octanol–water partition coefficient (Wildman–Crippen LogP) is 5.24. The molecule has 3 aromatic rings. The highest BCUT2D eigenvalue weighted by molar-refractivity contribution is 7.99. The molecule has 0 aliphatic heterocycles. The fraction of sp³-hybridized carbons (Fsp3) is 0.200. The van der Waals surface area contributed by atoms with Crippen LogP contribution in [0.1, 0.15) is 11.1 Å². The quantitative estimate of drug-likeness (QED) is 0.609. The zero-order valence-electron chi connectivity index (χ0n) is 14.8. The third kappa shape index (κ3) is 4.11. The van der Waals surface area contributed by atoms with Gasteiger partial charge in [-0.15, -0.1) is 0 Å². The molecule has 0 saturated heterocycles. The van der Waals surface area contributed by atoms with Crippen molar-refractivity contribution in [3.63, 3.8) is 0 Å². The van der Waals surface area contributed by atoms with Crippen LogP contribution in [0.5, 0.6) is 5.75 Å². The number of aryl methyl sites for hydroxylation is 2. The molecular weight excluding hydrogens is 368 g/mol. The molecule has 0 bridgehead atoms. The molecule has 0 unspecified atom stereocenters. The van der Waals surface area contributed by atoms with Crippen LogP contribution in [0.25, 0.3) is 10.9 Å². The Labute approximate surface area is 161 Å². The fourth-order valence-corrected chi connectivity index (χ4v) is 3.65. The number of carbonyl (C=O) groups excluding carboxylic acids is 1. The maximum atomic E-state index is 12.3. The van der Waals surface area contributed by atoms with Gasteiger partial charge < -0.3 is 10.1 Å². The molecule has 2 aromatic carbocycles. The van der Waals surface area contributed by atoms with Crippen molar-refractivity contribution < 1.29 is 9.53 Å². The van der Waals surface area contributed by atoms with E-state index in [1.54, 1.807) is 25.3 Å². The van der Waals surface area contributed by atoms with Crippen molar-refractivity contribution in [1.82, 2.24) is 4.98 Å². The molecule has 0 aliphatic rings. The van der Waals surface area contributed by atoms with E-state index in [0.717, 1.165) is 27.1 Å². The van der Waals surface area contributed by atoms with Crippen molar-refractivity contribution in [2.75, 3.05) is 18.2 Å². The Morgan fingerprint density at radius 3 is 2.77 bits per heavy atom. The summed E-state index contributed by atoms with van der Waals surface area (Å²) >= 11 is 7.40. The molecule has 3 rings (SSSR count). The number of anilines is 1. The molecule has 1 amide bonds. The Morgan fingerprint density at radius 2 is 2.00 bits per heavy atom. The minimum absolute atomic E-state index is 0.139. The summed E-state index contributed by atoms with van der Waals surface area (Å²) in [5.74, 6) is 0.683. The first-order valence-corrected chi connectivity index (χ1v) is 9.47. The number of pyridine rings is 1. The second-order valence-corrected chi connectivity index (χ2v) is 7.36. The molecule has 1 aromatic heterocycles. The van der Waals surface area contributed by atoms with Crippen LogP contribution in [0.15, 0.2) is 47.5 Å². The molecule has 0 saturated carbocycles. The maximum Gasteiger partial charge on any atom is 0.234 e. The van der Waals surface area contributed by atoms with E-state index in [-0.39, 0.29) is 11.7 Å². The minimum atomic E-state index is -0.139. The van der Waals surface area contributed by atoms with Crippen LogP contribution >= 0.6 is 23.4 Å². The van der Waals surface area contributed by atoms with E-state index in [2.05, 4.69) is 18.3 Å². The van der Waals surface area contributed by atoms with E-state index in [0.29, 0.717) is 16.5 Å². The van der Waals surface area contributed by atoms with Gasteiger partial charge in [0.15, 0.2) is 0 Å². The number of carbonyl (C=O) groups is 1. The normalized spacial score (nSPS) is 10.8. The molecule has 0 spiro atoms. The standard InChI is InChI=1S/C20H19ClN2O2S/c1-12-5-4-6-15-13(2)9-19(23-20(12)15)26-11-18(24)22-16-10-14(21)7-8-17(16)25-3/h4-10H,11H2,1-3H3,(H,22,24). The third-order valence-electron chi connectivity index (χ3n) is 4.01. The van der Waals surface area contributed by atoms with Crippen molar-refractivity contribution in [1.29, 1.82) is 0 Å². The first-order valence-electron chi connectivity index (χ1n) is 8.11. The number of amides is 1. The lowest BCUT2D eigenvalue weighted by Crippen LogP contribution is -2.14. The van der Waals surface area contributed by atoms with Gasteiger partial charge in [-0.1, -0.05) is 41.6 Å². The highest BCUT2D eigenvalue weighted by atomic mass is 35.5. The fourth-order valence-electron chi connectivity index (χ4n) is 2.71. The third-order valence-corrected chi connectivity index (χ3v) is 5.16. The van der Waals surface area contributed by atoms with E-state index in [9.17, 15) is 4.79 Å². The van der Waals surface area contributed by atoms with Crippen LogP contribution in [-0.2, 0) is 4.79 Å². The lowest BCUT2D eigenvalue weighted by atomic mass is 10.1. The average Bonchev–Trinajstić information content (AvgIpc) is 2.61. The SMILES string of the molecule is COc1ccc(Cl)cc1NC(=O)CSc1cc(C)c2cccc(C)c2n1. The Hall–Kier alpha value is -2.24. The summed E-state index contributed by atoms with van der Waals surface area (Å²) in [6, 6.07) is 13.3. The van der Waals surface area contributed by atoms with Crippen LogP contribution in [0.4, 0.5) is 5.69 Å². The first kappa shape index (κ1) is 18.5. The lowest BCUT2D eigenvalue weighted by Gasteiger charge is -2.11. The van der Waals surface area contributed by atoms with Crippen LogP contribution in [0.3, 0.4) is 0 Å². The molecule has 4 nitrogen and oxygen atoms in total. The van der Waals surface area contributed by atoms with Gasteiger partial charge >= 0.3 is 0 Å². The van der Waals surface area contributed by atoms with E-state index in [4.69, 9.17) is 21.3 Å². The van der Waals surface area contributed by atoms with Gasteiger partial charge in [0.05, 0.1) is 29.1 Å². The Morgan fingerprint density at radius 1 is 1.19 bits per heavy atom. The molecule has 0 atom stereocenters. The second-order valence-electron chi connectivity index (χ2n) is 5.93. The van der Waals surface area contributed by atoms with Crippen molar-refractivity contribution in [2.24, 2.45) is 0 Å². The Balaban J connectivity index is 1.73. The average molecular weight is 387 g/mol. The van der Waals surface area contributed by atoms with E-state index in [1.807, 2.05) is 25.1 Å². The van der Waals surface area contributed by atoms with E-state index in [1.165, 1.54) is 11.8 Å². The van der Waals surface area contributed by atoms with Crippen LogP contribution in [0.2, 0.25) is 5.02 Å². The minimum Gasteiger partial charge on any atom is -0.495 e. The summed E-state index contributed by atoms with van der Waals surface area (Å²) in [4.78, 5) is 17.0. The Bertz CT molecular complexity index is 975. The number of hydrogen-bond donors (Lipinski definition) is 1. The van der Waals surface area contributed by atoms with Crippen molar-refractivity contribution in [3.05, 3.63) is 58.6 Å². The zero-order chi connectivity index (χ0) is 18.7. The predicted molar refractivity (Wildman–Crippen MR) is 109 cm³/mol. The molecule has 134 valence electrons. The van der Waals surface area contributed by atoms with Gasteiger partial charge in [-0.25, -0.2) is 4.98 Å². The molecule has 1 N–H and O–H groups in total. The van der Waals surface area contributed by atoms with Gasteiger partial charge in [0, 0.05) is 10.4 Å². The summed E-state index contributed by atoms with van der Waals surface area (Å²) in [6.07, 6.45) is 0. The van der Waals surface area contributed by atoms with E-state index < -0.39 is 0 Å². The number of rotatable bonds is 5. The first-order chi connectivity index (χ1) is 12.5. The number of hydrogen-bond acceptors (Lipinski definition) is 4. The molecule has 0 radical (unpaired) electrons. The van der Waals surface area contributed by atoms with Crippen LogP contribution in [0, 0.1) is 13.8 Å². The number of thioether (sulfide) groups is 1. The number of benzene rings is 2. The number of fused-ring (bicyclic) bond motifs is 1. The highest BCUT2D eigenvalue weighted by Gasteiger charge is 2.11. The van der Waals surface area contributed by atoms with Crippen molar-refractivity contribution in [2.45, 2.75) is 18.9 Å². The summed E-state index contributed by atoms with van der Waals surface area (Å²) in [5.41, 5.74) is 3.82. The van der Waals surface area contributed by atoms with Gasteiger partial charge in [0.1, 0.15) is 5.75 Å². The summed E-state index contributed by atoms with van der Waals surface area (Å²) < 4.78 is 5.25. The van der Waals surface area contributed by atoms with Crippen LogP contribution in [-0.4, -0.2) is 23.8 Å². The monoisotopic (exact) mass is 386 g/mol. The molecule has 0 fully saturated rings. The lowest BCUT2D eigenvalue weighted by molar-refractivity contribution is -0.113. The molecule has 26 heavy (non-hydrogen) atoms.